The second kappa shape index (κ2) is 11.4. The molecular weight excluding hydrogens is 486 g/mol. The molecule has 9 nitrogen and oxygen atoms in total. The molecule has 0 saturated carbocycles. The molecule has 0 heterocycles. The summed E-state index contributed by atoms with van der Waals surface area (Å²) in [5, 5.41) is 27.5. The lowest BCUT2D eigenvalue weighted by molar-refractivity contribution is -0.137. The van der Waals surface area contributed by atoms with E-state index in [1.807, 2.05) is 19.1 Å². The van der Waals surface area contributed by atoms with Crippen LogP contribution in [-0.4, -0.2) is 34.7 Å². The summed E-state index contributed by atoms with van der Waals surface area (Å²) in [7, 11) is 0. The van der Waals surface area contributed by atoms with Gasteiger partial charge in [0.2, 0.25) is 0 Å². The number of phenols is 1. The van der Waals surface area contributed by atoms with Gasteiger partial charge in [-0.1, -0.05) is 43.3 Å². The quantitative estimate of drug-likeness (QED) is 0.190. The van der Waals surface area contributed by atoms with Gasteiger partial charge in [-0.2, -0.15) is 0 Å². The third kappa shape index (κ3) is 5.89. The Bertz CT molecular complexity index is 1500. The number of hydrogen-bond donors (Lipinski definition) is 5. The van der Waals surface area contributed by atoms with E-state index in [9.17, 15) is 29.4 Å². The number of carboxylic acid groups (broad SMARTS) is 1. The second-order valence-corrected chi connectivity index (χ2v) is 8.85. The third-order valence-electron chi connectivity index (χ3n) is 6.08. The highest BCUT2D eigenvalue weighted by molar-refractivity contribution is 6.04. The van der Waals surface area contributed by atoms with Crippen LogP contribution in [0.25, 0.3) is 11.1 Å². The van der Waals surface area contributed by atoms with Crippen LogP contribution in [0.1, 0.15) is 29.3 Å². The van der Waals surface area contributed by atoms with Gasteiger partial charge < -0.3 is 26.2 Å². The maximum atomic E-state index is 12.7. The van der Waals surface area contributed by atoms with E-state index in [0.29, 0.717) is 23.4 Å². The Morgan fingerprint density at radius 2 is 1.39 bits per heavy atom. The molecule has 0 fully saturated rings. The van der Waals surface area contributed by atoms with Gasteiger partial charge >= 0.3 is 5.97 Å². The Hall–Kier alpha value is -4.92. The Morgan fingerprint density at radius 3 is 1.97 bits per heavy atom. The Kier molecular flexibility index (Phi) is 7.86. The highest BCUT2D eigenvalue weighted by Gasteiger charge is 2.26. The molecule has 0 spiro atoms. The number of amides is 1. The molecule has 0 bridgehead atoms. The summed E-state index contributed by atoms with van der Waals surface area (Å²) in [4.78, 5) is 48.3. The largest absolute Gasteiger partial charge is 0.508 e. The SMILES string of the molecule is CCCNc1c(N[C@@H](Cc2ccc(NC(=O)c3ccc(-c4ccc(O)cc4)cc3)cc2)C(=O)O)c(=O)c1=O. The third-order valence-corrected chi connectivity index (χ3v) is 6.08. The van der Waals surface area contributed by atoms with Gasteiger partial charge in [0, 0.05) is 24.2 Å². The number of benzene rings is 3. The Morgan fingerprint density at radius 1 is 0.816 bits per heavy atom. The zero-order chi connectivity index (χ0) is 27.2. The molecular formula is C29H27N3O6. The van der Waals surface area contributed by atoms with Crippen molar-refractivity contribution in [1.82, 2.24) is 0 Å². The number of aromatic hydroxyl groups is 1. The Balaban J connectivity index is 1.38. The predicted molar refractivity (Wildman–Crippen MR) is 147 cm³/mol. The van der Waals surface area contributed by atoms with Gasteiger partial charge in [0.15, 0.2) is 0 Å². The van der Waals surface area contributed by atoms with Crippen LogP contribution in [0.2, 0.25) is 0 Å². The number of carbonyl (C=O) groups is 2. The number of anilines is 3. The first-order valence-corrected chi connectivity index (χ1v) is 12.1. The highest BCUT2D eigenvalue weighted by Crippen LogP contribution is 2.23. The maximum absolute atomic E-state index is 12.7. The van der Waals surface area contributed by atoms with Gasteiger partial charge in [0.1, 0.15) is 23.2 Å². The van der Waals surface area contributed by atoms with Gasteiger partial charge in [0.05, 0.1) is 0 Å². The molecule has 0 saturated heterocycles. The van der Waals surface area contributed by atoms with Gasteiger partial charge in [0.25, 0.3) is 16.8 Å². The highest BCUT2D eigenvalue weighted by atomic mass is 16.4. The molecule has 5 N–H and O–H groups in total. The van der Waals surface area contributed by atoms with Crippen molar-refractivity contribution in [2.75, 3.05) is 22.5 Å². The monoisotopic (exact) mass is 513 g/mol. The molecule has 4 aromatic rings. The summed E-state index contributed by atoms with van der Waals surface area (Å²) < 4.78 is 0. The zero-order valence-electron chi connectivity index (χ0n) is 20.7. The van der Waals surface area contributed by atoms with Crippen LogP contribution in [0.15, 0.2) is 82.4 Å². The summed E-state index contributed by atoms with van der Waals surface area (Å²) in [6.45, 7) is 2.40. The van der Waals surface area contributed by atoms with Crippen molar-refractivity contribution in [2.45, 2.75) is 25.8 Å². The number of hydrogen-bond acceptors (Lipinski definition) is 7. The molecule has 1 amide bonds. The van der Waals surface area contributed by atoms with E-state index in [4.69, 9.17) is 0 Å². The fourth-order valence-corrected chi connectivity index (χ4v) is 3.95. The molecule has 0 aliphatic heterocycles. The first kappa shape index (κ1) is 26.2. The smallest absolute Gasteiger partial charge is 0.326 e. The summed E-state index contributed by atoms with van der Waals surface area (Å²) >= 11 is 0. The summed E-state index contributed by atoms with van der Waals surface area (Å²) in [6, 6.07) is 19.4. The lowest BCUT2D eigenvalue weighted by Crippen LogP contribution is -2.42. The topological polar surface area (TPSA) is 145 Å². The fourth-order valence-electron chi connectivity index (χ4n) is 3.95. The Labute approximate surface area is 218 Å². The summed E-state index contributed by atoms with van der Waals surface area (Å²) in [6.07, 6.45) is 0.808. The first-order valence-electron chi connectivity index (χ1n) is 12.1. The van der Waals surface area contributed by atoms with E-state index >= 15 is 0 Å². The second-order valence-electron chi connectivity index (χ2n) is 8.85. The van der Waals surface area contributed by atoms with Crippen LogP contribution in [0, 0.1) is 0 Å². The van der Waals surface area contributed by atoms with E-state index in [1.54, 1.807) is 60.7 Å². The van der Waals surface area contributed by atoms with Crippen molar-refractivity contribution in [3.63, 3.8) is 0 Å². The van der Waals surface area contributed by atoms with Crippen LogP contribution in [0.3, 0.4) is 0 Å². The lowest BCUT2D eigenvalue weighted by Gasteiger charge is -2.20. The van der Waals surface area contributed by atoms with Crippen LogP contribution >= 0.6 is 0 Å². The van der Waals surface area contributed by atoms with Crippen molar-refractivity contribution in [2.24, 2.45) is 0 Å². The van der Waals surface area contributed by atoms with Gasteiger partial charge in [-0.05, 0) is 59.5 Å². The van der Waals surface area contributed by atoms with Crippen LogP contribution < -0.4 is 26.8 Å². The number of phenolic OH excluding ortho intramolecular Hbond substituents is 1. The van der Waals surface area contributed by atoms with Crippen molar-refractivity contribution in [1.29, 1.82) is 0 Å². The maximum Gasteiger partial charge on any atom is 0.326 e. The lowest BCUT2D eigenvalue weighted by atomic mass is 10.0. The molecule has 0 aliphatic rings. The molecule has 38 heavy (non-hydrogen) atoms. The van der Waals surface area contributed by atoms with E-state index in [2.05, 4.69) is 16.0 Å². The van der Waals surface area contributed by atoms with Gasteiger partial charge in [-0.25, -0.2) is 4.79 Å². The molecule has 0 aromatic heterocycles. The van der Waals surface area contributed by atoms with E-state index < -0.39 is 22.9 Å². The van der Waals surface area contributed by atoms with Crippen molar-refractivity contribution >= 4 is 28.9 Å². The van der Waals surface area contributed by atoms with Gasteiger partial charge in [-0.3, -0.25) is 14.4 Å². The van der Waals surface area contributed by atoms with Crippen LogP contribution in [0.5, 0.6) is 5.75 Å². The minimum absolute atomic E-state index is 0.00355. The molecule has 4 aromatic carbocycles. The van der Waals surface area contributed by atoms with Crippen molar-refractivity contribution < 1.29 is 19.8 Å². The molecule has 0 radical (unpaired) electrons. The first-order chi connectivity index (χ1) is 18.3. The zero-order valence-corrected chi connectivity index (χ0v) is 20.7. The van der Waals surface area contributed by atoms with E-state index in [0.717, 1.165) is 17.5 Å². The van der Waals surface area contributed by atoms with Crippen LogP contribution in [0.4, 0.5) is 17.1 Å². The molecule has 0 unspecified atom stereocenters. The van der Waals surface area contributed by atoms with E-state index in [-0.39, 0.29) is 29.5 Å². The molecule has 1 atom stereocenters. The standard InChI is InChI=1S/C29H27N3O6/c1-2-15-30-24-25(27(35)26(24)34)32-23(29(37)38)16-17-3-11-21(12-4-17)31-28(36)20-7-5-18(6-8-20)19-9-13-22(33)14-10-19/h3-14,23,30,32-33H,2,15-16H2,1H3,(H,31,36)(H,37,38)/t23-/m0/s1. The molecule has 4 rings (SSSR count). The molecule has 9 heteroatoms. The predicted octanol–water partition coefficient (Wildman–Crippen LogP) is 3.84. The summed E-state index contributed by atoms with van der Waals surface area (Å²) in [5.41, 5.74) is 2.23. The number of aliphatic carboxylic acids is 1. The minimum atomic E-state index is -1.16. The molecule has 194 valence electrons. The van der Waals surface area contributed by atoms with Crippen molar-refractivity contribution in [3.8, 4) is 16.9 Å². The number of carbonyl (C=O) groups excluding carboxylic acids is 1. The van der Waals surface area contributed by atoms with E-state index in [1.165, 1.54) is 0 Å². The minimum Gasteiger partial charge on any atom is -0.508 e. The fraction of sp³-hybridized carbons (Fsp3) is 0.172. The number of rotatable bonds is 11. The average molecular weight is 514 g/mol. The molecule has 0 aliphatic carbocycles. The normalized spacial score (nSPS) is 11.6. The van der Waals surface area contributed by atoms with Crippen LogP contribution in [-0.2, 0) is 11.2 Å². The van der Waals surface area contributed by atoms with Gasteiger partial charge in [-0.15, -0.1) is 0 Å². The number of carboxylic acids is 1. The summed E-state index contributed by atoms with van der Waals surface area (Å²) in [5.74, 6) is -1.28. The van der Waals surface area contributed by atoms with Crippen molar-refractivity contribution in [3.05, 3.63) is 104 Å². The average Bonchev–Trinajstić information content (AvgIpc) is 2.93. The number of nitrogens with one attached hydrogen (secondary N) is 3.